The monoisotopic (exact) mass is 412 g/mol. The Balaban J connectivity index is 1.48. The molecule has 29 heavy (non-hydrogen) atoms. The van der Waals surface area contributed by atoms with Crippen LogP contribution in [0.5, 0.6) is 11.5 Å². The van der Waals surface area contributed by atoms with Crippen molar-refractivity contribution in [2.24, 2.45) is 0 Å². The van der Waals surface area contributed by atoms with Gasteiger partial charge in [-0.15, -0.1) is 11.3 Å². The van der Waals surface area contributed by atoms with Crippen molar-refractivity contribution in [2.75, 3.05) is 14.2 Å². The lowest BCUT2D eigenvalue weighted by molar-refractivity contribution is 0.0462. The average Bonchev–Trinajstić information content (AvgIpc) is 3.39. The molecule has 2 aromatic carbocycles. The third-order valence-corrected chi connectivity index (χ3v) is 5.28. The van der Waals surface area contributed by atoms with Gasteiger partial charge in [0.05, 0.1) is 25.4 Å². The normalized spacial score (nSPS) is 10.9. The summed E-state index contributed by atoms with van der Waals surface area (Å²) in [6.45, 7) is 0.0341. The number of aromatic amines is 1. The smallest absolute Gasteiger partial charge is 0.355 e. The molecule has 0 bridgehead atoms. The highest BCUT2D eigenvalue weighted by Crippen LogP contribution is 2.31. The molecule has 0 spiro atoms. The van der Waals surface area contributed by atoms with Gasteiger partial charge in [-0.2, -0.15) is 0 Å². The van der Waals surface area contributed by atoms with Crippen LogP contribution in [0.15, 0.2) is 47.8 Å². The van der Waals surface area contributed by atoms with Crippen LogP contribution in [0.3, 0.4) is 0 Å². The summed E-state index contributed by atoms with van der Waals surface area (Å²) in [5, 5.41) is 3.32. The van der Waals surface area contributed by atoms with Gasteiger partial charge in [0.1, 0.15) is 34.6 Å². The maximum atomic E-state index is 13.1. The molecule has 0 saturated heterocycles. The fraction of sp³-hybridized carbons (Fsp3) is 0.143. The van der Waals surface area contributed by atoms with Crippen molar-refractivity contribution in [1.82, 2.24) is 9.97 Å². The van der Waals surface area contributed by atoms with Gasteiger partial charge in [-0.3, -0.25) is 0 Å². The van der Waals surface area contributed by atoms with Crippen LogP contribution in [-0.4, -0.2) is 30.2 Å². The Morgan fingerprint density at radius 2 is 1.93 bits per heavy atom. The molecule has 0 atom stereocenters. The molecule has 0 aliphatic heterocycles. The quantitative estimate of drug-likeness (QED) is 0.460. The molecular weight excluding hydrogens is 395 g/mol. The molecule has 0 aliphatic carbocycles. The van der Waals surface area contributed by atoms with Gasteiger partial charge in [-0.25, -0.2) is 14.2 Å². The Morgan fingerprint density at radius 3 is 2.66 bits per heavy atom. The van der Waals surface area contributed by atoms with Gasteiger partial charge in [-0.1, -0.05) is 0 Å². The minimum absolute atomic E-state index is 0.0341. The lowest BCUT2D eigenvalue weighted by Gasteiger charge is -2.05. The number of fused-ring (bicyclic) bond motifs is 1. The summed E-state index contributed by atoms with van der Waals surface area (Å²) in [7, 11) is 3.12. The van der Waals surface area contributed by atoms with Gasteiger partial charge < -0.3 is 19.2 Å². The molecule has 0 amide bonds. The highest BCUT2D eigenvalue weighted by molar-refractivity contribution is 7.13. The summed E-state index contributed by atoms with van der Waals surface area (Å²) in [5.41, 5.74) is 2.43. The first kappa shape index (κ1) is 18.9. The first-order valence-corrected chi connectivity index (χ1v) is 9.57. The highest BCUT2D eigenvalue weighted by atomic mass is 32.1. The molecule has 0 radical (unpaired) electrons. The lowest BCUT2D eigenvalue weighted by Crippen LogP contribution is -2.05. The summed E-state index contributed by atoms with van der Waals surface area (Å²) in [4.78, 5) is 19.9. The van der Waals surface area contributed by atoms with E-state index in [1.807, 2.05) is 5.38 Å². The van der Waals surface area contributed by atoms with Crippen molar-refractivity contribution in [3.63, 3.8) is 0 Å². The minimum atomic E-state index is -0.501. The molecule has 2 heterocycles. The fourth-order valence-electron chi connectivity index (χ4n) is 2.89. The van der Waals surface area contributed by atoms with Crippen molar-refractivity contribution < 1.29 is 23.4 Å². The number of halogens is 1. The molecule has 148 valence electrons. The van der Waals surface area contributed by atoms with Crippen LogP contribution in [0.25, 0.3) is 21.5 Å². The molecule has 6 nitrogen and oxygen atoms in total. The predicted octanol–water partition coefficient (Wildman–Crippen LogP) is 4.80. The standard InChI is InChI=1S/C21H17FN2O4S/c1-26-16-7-13-8-17(24-19(13)18(9-16)27-2)21(25)28-10-15-11-29-20(23-15)12-3-5-14(22)6-4-12/h3-9,11,24H,10H2,1-2H3. The van der Waals surface area contributed by atoms with Gasteiger partial charge in [0.15, 0.2) is 0 Å². The third kappa shape index (κ3) is 3.93. The number of nitrogens with zero attached hydrogens (tertiary/aromatic N) is 1. The van der Waals surface area contributed by atoms with Crippen molar-refractivity contribution >= 4 is 28.2 Å². The predicted molar refractivity (Wildman–Crippen MR) is 108 cm³/mol. The van der Waals surface area contributed by atoms with Crippen molar-refractivity contribution in [2.45, 2.75) is 6.61 Å². The number of rotatable bonds is 6. The summed E-state index contributed by atoms with van der Waals surface area (Å²) >= 11 is 1.41. The van der Waals surface area contributed by atoms with E-state index in [1.165, 1.54) is 23.5 Å². The van der Waals surface area contributed by atoms with E-state index in [0.717, 1.165) is 16.0 Å². The maximum absolute atomic E-state index is 13.1. The first-order valence-electron chi connectivity index (χ1n) is 8.69. The van der Waals surface area contributed by atoms with E-state index in [2.05, 4.69) is 9.97 Å². The number of thiazole rings is 1. The second kappa shape index (κ2) is 7.92. The Hall–Kier alpha value is -3.39. The molecular formula is C21H17FN2O4S. The number of aromatic nitrogens is 2. The van der Waals surface area contributed by atoms with Gasteiger partial charge >= 0.3 is 5.97 Å². The van der Waals surface area contributed by atoms with E-state index in [-0.39, 0.29) is 12.4 Å². The number of ether oxygens (including phenoxy) is 3. The molecule has 0 unspecified atom stereocenters. The summed E-state index contributed by atoms with van der Waals surface area (Å²) in [6.07, 6.45) is 0. The van der Waals surface area contributed by atoms with Crippen molar-refractivity contribution in [3.8, 4) is 22.1 Å². The second-order valence-corrected chi connectivity index (χ2v) is 7.06. The number of hydrogen-bond acceptors (Lipinski definition) is 6. The Kier molecular flexibility index (Phi) is 5.18. The first-order chi connectivity index (χ1) is 14.1. The van der Waals surface area contributed by atoms with Crippen molar-refractivity contribution in [3.05, 3.63) is 65.0 Å². The van der Waals surface area contributed by atoms with Gasteiger partial charge in [0.25, 0.3) is 0 Å². The number of H-pyrrole nitrogens is 1. The number of nitrogens with one attached hydrogen (secondary N) is 1. The maximum Gasteiger partial charge on any atom is 0.355 e. The number of carbonyl (C=O) groups is 1. The lowest BCUT2D eigenvalue weighted by atomic mass is 10.2. The molecule has 4 rings (SSSR count). The molecule has 0 fully saturated rings. The van der Waals surface area contributed by atoms with Crippen LogP contribution < -0.4 is 9.47 Å². The largest absolute Gasteiger partial charge is 0.497 e. The van der Waals surface area contributed by atoms with Crippen LogP contribution in [0, 0.1) is 5.82 Å². The van der Waals surface area contributed by atoms with Crippen LogP contribution in [0.1, 0.15) is 16.2 Å². The molecule has 8 heteroatoms. The average molecular weight is 412 g/mol. The van der Waals surface area contributed by atoms with Crippen LogP contribution in [0.2, 0.25) is 0 Å². The fourth-order valence-corrected chi connectivity index (χ4v) is 3.70. The second-order valence-electron chi connectivity index (χ2n) is 6.20. The zero-order chi connectivity index (χ0) is 20.4. The summed E-state index contributed by atoms with van der Waals surface area (Å²) < 4.78 is 29.0. The minimum Gasteiger partial charge on any atom is -0.497 e. The van der Waals surface area contributed by atoms with Crippen LogP contribution >= 0.6 is 11.3 Å². The third-order valence-electron chi connectivity index (χ3n) is 4.34. The van der Waals surface area contributed by atoms with E-state index < -0.39 is 5.97 Å². The molecule has 1 N–H and O–H groups in total. The Labute approximate surface area is 169 Å². The van der Waals surface area contributed by atoms with Gasteiger partial charge in [0, 0.05) is 22.4 Å². The summed E-state index contributed by atoms with van der Waals surface area (Å²) in [5.74, 6) is 0.400. The number of benzene rings is 2. The van der Waals surface area contributed by atoms with Gasteiger partial charge in [0.2, 0.25) is 0 Å². The van der Waals surface area contributed by atoms with E-state index in [0.29, 0.717) is 28.4 Å². The number of carbonyl (C=O) groups excluding carboxylic acids is 1. The van der Waals surface area contributed by atoms with E-state index in [1.54, 1.807) is 44.6 Å². The Morgan fingerprint density at radius 1 is 1.14 bits per heavy atom. The topological polar surface area (TPSA) is 73.4 Å². The molecule has 2 aromatic heterocycles. The van der Waals surface area contributed by atoms with Gasteiger partial charge in [-0.05, 0) is 36.4 Å². The van der Waals surface area contributed by atoms with E-state index >= 15 is 0 Å². The van der Waals surface area contributed by atoms with E-state index in [4.69, 9.17) is 14.2 Å². The van der Waals surface area contributed by atoms with E-state index in [9.17, 15) is 9.18 Å². The summed E-state index contributed by atoms with van der Waals surface area (Å²) in [6, 6.07) is 11.3. The number of hydrogen-bond donors (Lipinski definition) is 1. The Bertz CT molecular complexity index is 1170. The van der Waals surface area contributed by atoms with Crippen LogP contribution in [0.4, 0.5) is 4.39 Å². The SMILES string of the molecule is COc1cc(OC)c2[nH]c(C(=O)OCc3csc(-c4ccc(F)cc4)n3)cc2c1. The number of esters is 1. The number of methoxy groups -OCH3 is 2. The van der Waals surface area contributed by atoms with Crippen molar-refractivity contribution in [1.29, 1.82) is 0 Å². The molecule has 0 aliphatic rings. The van der Waals surface area contributed by atoms with Crippen LogP contribution in [-0.2, 0) is 11.3 Å². The zero-order valence-corrected chi connectivity index (χ0v) is 16.5. The molecule has 4 aromatic rings. The zero-order valence-electron chi connectivity index (χ0n) is 15.7. The molecule has 0 saturated carbocycles. The highest BCUT2D eigenvalue weighted by Gasteiger charge is 2.16.